The van der Waals surface area contributed by atoms with Crippen molar-refractivity contribution in [3.8, 4) is 11.8 Å². The van der Waals surface area contributed by atoms with Crippen molar-refractivity contribution in [2.45, 2.75) is 110 Å². The number of aliphatic hydroxyl groups is 3. The molecular formula is C29H44O3. The predicted molar refractivity (Wildman–Crippen MR) is 132 cm³/mol. The first-order chi connectivity index (χ1) is 15.1. The topological polar surface area (TPSA) is 60.7 Å². The minimum atomic E-state index is -0.645. The van der Waals surface area contributed by atoms with Crippen molar-refractivity contribution in [1.82, 2.24) is 0 Å². The summed E-state index contributed by atoms with van der Waals surface area (Å²) in [5.41, 5.74) is 2.89. The van der Waals surface area contributed by atoms with E-state index < -0.39 is 17.8 Å². The van der Waals surface area contributed by atoms with Crippen molar-refractivity contribution >= 4 is 0 Å². The number of fused-ring (bicyclic) bond motifs is 1. The Morgan fingerprint density at radius 2 is 1.94 bits per heavy atom. The van der Waals surface area contributed by atoms with Crippen LogP contribution >= 0.6 is 0 Å². The molecule has 6 atom stereocenters. The molecule has 0 heterocycles. The zero-order valence-corrected chi connectivity index (χ0v) is 20.7. The summed E-state index contributed by atoms with van der Waals surface area (Å²) in [5, 5.41) is 30.7. The van der Waals surface area contributed by atoms with E-state index >= 15 is 0 Å². The van der Waals surface area contributed by atoms with Gasteiger partial charge in [0, 0.05) is 18.8 Å². The molecular weight excluding hydrogens is 396 g/mol. The van der Waals surface area contributed by atoms with E-state index in [4.69, 9.17) is 0 Å². The Bertz CT molecular complexity index is 806. The molecule has 3 heteroatoms. The third-order valence-corrected chi connectivity index (χ3v) is 8.97. The van der Waals surface area contributed by atoms with E-state index in [0.29, 0.717) is 37.0 Å². The first-order valence-corrected chi connectivity index (χ1v) is 12.8. The Morgan fingerprint density at radius 1 is 1.22 bits per heavy atom. The monoisotopic (exact) mass is 440 g/mol. The second-order valence-corrected chi connectivity index (χ2v) is 10.9. The van der Waals surface area contributed by atoms with Gasteiger partial charge < -0.3 is 15.3 Å². The Balaban J connectivity index is 1.74. The molecule has 0 radical (unpaired) electrons. The molecule has 3 N–H and O–H groups in total. The van der Waals surface area contributed by atoms with Gasteiger partial charge in [0.25, 0.3) is 0 Å². The Labute approximate surface area is 195 Å². The van der Waals surface area contributed by atoms with Crippen LogP contribution in [0.3, 0.4) is 0 Å². The SMILES string of the molecule is C=C1/C(=C/C=C2\CCC[C@]3(C)[C@@H]([C@@H](C)C#CCC(O)(CC)CC)CC[C@@H]23)C[C@@H](O)C[C@@H]1O. The lowest BCUT2D eigenvalue weighted by Gasteiger charge is -2.43. The lowest BCUT2D eigenvalue weighted by atomic mass is 9.61. The third kappa shape index (κ3) is 5.24. The molecule has 0 saturated heterocycles. The van der Waals surface area contributed by atoms with Crippen LogP contribution in [0.5, 0.6) is 0 Å². The zero-order chi connectivity index (χ0) is 23.5. The molecule has 3 saturated carbocycles. The Kier molecular flexibility index (Phi) is 8.13. The molecule has 0 amide bonds. The molecule has 3 rings (SSSR count). The second-order valence-electron chi connectivity index (χ2n) is 10.9. The molecule has 3 aliphatic carbocycles. The van der Waals surface area contributed by atoms with Crippen LogP contribution in [0.1, 0.15) is 91.9 Å². The van der Waals surface area contributed by atoms with Crippen LogP contribution < -0.4 is 0 Å². The fourth-order valence-corrected chi connectivity index (χ4v) is 6.54. The molecule has 0 aliphatic heterocycles. The molecule has 0 bridgehead atoms. The van der Waals surface area contributed by atoms with E-state index in [9.17, 15) is 15.3 Å². The van der Waals surface area contributed by atoms with Crippen molar-refractivity contribution in [2.75, 3.05) is 0 Å². The standard InChI is InChI=1S/C29H44O3/c1-6-29(32,7-2)17-8-10-20(3)25-14-15-26-22(11-9-16-28(25,26)5)12-13-23-18-24(30)19-27(31)21(23)4/h12-13,20,24-27,30-32H,4,6-7,9,11,14-19H2,1-3,5H3/b22-12+,23-13+/t20-,24+,25+,26-,27-,28+/m0/s1. The minimum absolute atomic E-state index is 0.269. The Morgan fingerprint density at radius 3 is 2.62 bits per heavy atom. The van der Waals surface area contributed by atoms with Crippen LogP contribution in [-0.4, -0.2) is 33.1 Å². The molecule has 3 aliphatic rings. The minimum Gasteiger partial charge on any atom is -0.393 e. The highest BCUT2D eigenvalue weighted by Crippen LogP contribution is 2.59. The van der Waals surface area contributed by atoms with Gasteiger partial charge in [0.15, 0.2) is 0 Å². The first kappa shape index (κ1) is 25.3. The second kappa shape index (κ2) is 10.3. The summed E-state index contributed by atoms with van der Waals surface area (Å²) in [6.45, 7) is 12.9. The number of aliphatic hydroxyl groups excluding tert-OH is 2. The summed E-state index contributed by atoms with van der Waals surface area (Å²) in [6, 6.07) is 0. The van der Waals surface area contributed by atoms with Gasteiger partial charge in [0.05, 0.1) is 17.8 Å². The van der Waals surface area contributed by atoms with Gasteiger partial charge in [-0.2, -0.15) is 0 Å². The van der Waals surface area contributed by atoms with Crippen molar-refractivity contribution in [3.05, 3.63) is 35.5 Å². The number of hydrogen-bond donors (Lipinski definition) is 3. The molecule has 0 aromatic rings. The van der Waals surface area contributed by atoms with Gasteiger partial charge in [-0.05, 0) is 79.8 Å². The first-order valence-electron chi connectivity index (χ1n) is 12.8. The highest BCUT2D eigenvalue weighted by Gasteiger charge is 2.50. The highest BCUT2D eigenvalue weighted by molar-refractivity contribution is 5.38. The average Bonchev–Trinajstić information content (AvgIpc) is 3.12. The molecule has 0 aromatic heterocycles. The van der Waals surface area contributed by atoms with E-state index in [1.165, 1.54) is 31.3 Å². The molecule has 178 valence electrons. The summed E-state index contributed by atoms with van der Waals surface area (Å²) in [7, 11) is 0. The van der Waals surface area contributed by atoms with Gasteiger partial charge >= 0.3 is 0 Å². The van der Waals surface area contributed by atoms with Gasteiger partial charge in [0.1, 0.15) is 0 Å². The van der Waals surface area contributed by atoms with E-state index in [1.807, 2.05) is 13.8 Å². The molecule has 0 aromatic carbocycles. The summed E-state index contributed by atoms with van der Waals surface area (Å²) in [5.74, 6) is 8.34. The van der Waals surface area contributed by atoms with E-state index in [2.05, 4.69) is 44.4 Å². The normalized spacial score (nSPS) is 36.7. The number of allylic oxidation sites excluding steroid dienone is 3. The molecule has 3 fully saturated rings. The quantitative estimate of drug-likeness (QED) is 0.480. The van der Waals surface area contributed by atoms with E-state index in [1.54, 1.807) is 0 Å². The molecule has 0 spiro atoms. The average molecular weight is 441 g/mol. The Hall–Kier alpha value is -1.34. The van der Waals surface area contributed by atoms with E-state index in [0.717, 1.165) is 30.4 Å². The van der Waals surface area contributed by atoms with Crippen molar-refractivity contribution < 1.29 is 15.3 Å². The maximum Gasteiger partial charge on any atom is 0.0811 e. The van der Waals surface area contributed by atoms with Crippen LogP contribution in [-0.2, 0) is 0 Å². The summed E-state index contributed by atoms with van der Waals surface area (Å²) in [6.07, 6.45) is 12.3. The largest absolute Gasteiger partial charge is 0.393 e. The maximum absolute atomic E-state index is 10.5. The fourth-order valence-electron chi connectivity index (χ4n) is 6.54. The fraction of sp³-hybridized carbons (Fsp3) is 0.724. The van der Waals surface area contributed by atoms with Crippen molar-refractivity contribution in [3.63, 3.8) is 0 Å². The zero-order valence-electron chi connectivity index (χ0n) is 20.7. The van der Waals surface area contributed by atoms with Crippen molar-refractivity contribution in [1.29, 1.82) is 0 Å². The maximum atomic E-state index is 10.5. The van der Waals surface area contributed by atoms with Crippen LogP contribution in [0.2, 0.25) is 0 Å². The molecule has 0 unspecified atom stereocenters. The third-order valence-electron chi connectivity index (χ3n) is 8.97. The van der Waals surface area contributed by atoms with Crippen LogP contribution in [0, 0.1) is 35.0 Å². The lowest BCUT2D eigenvalue weighted by Crippen LogP contribution is -2.35. The molecule has 3 nitrogen and oxygen atoms in total. The van der Waals surface area contributed by atoms with Crippen LogP contribution in [0.4, 0.5) is 0 Å². The van der Waals surface area contributed by atoms with Crippen LogP contribution in [0.25, 0.3) is 0 Å². The number of hydrogen-bond acceptors (Lipinski definition) is 3. The number of rotatable bonds is 5. The van der Waals surface area contributed by atoms with Crippen molar-refractivity contribution in [2.24, 2.45) is 23.2 Å². The summed E-state index contributed by atoms with van der Waals surface area (Å²) < 4.78 is 0. The smallest absolute Gasteiger partial charge is 0.0811 e. The highest BCUT2D eigenvalue weighted by atomic mass is 16.3. The van der Waals surface area contributed by atoms with Crippen LogP contribution in [0.15, 0.2) is 35.5 Å². The van der Waals surface area contributed by atoms with Gasteiger partial charge in [-0.25, -0.2) is 0 Å². The van der Waals surface area contributed by atoms with Gasteiger partial charge in [-0.3, -0.25) is 0 Å². The lowest BCUT2D eigenvalue weighted by molar-refractivity contribution is 0.0374. The predicted octanol–water partition coefficient (Wildman–Crippen LogP) is 5.71. The summed E-state index contributed by atoms with van der Waals surface area (Å²) in [4.78, 5) is 0. The molecule has 32 heavy (non-hydrogen) atoms. The van der Waals surface area contributed by atoms with Gasteiger partial charge in [-0.1, -0.05) is 57.9 Å². The van der Waals surface area contributed by atoms with E-state index in [-0.39, 0.29) is 5.41 Å². The van der Waals surface area contributed by atoms with Gasteiger partial charge in [0.2, 0.25) is 0 Å². The van der Waals surface area contributed by atoms with Gasteiger partial charge in [-0.15, -0.1) is 5.92 Å². The summed E-state index contributed by atoms with van der Waals surface area (Å²) >= 11 is 0.